The number of piperidine rings is 1. The van der Waals surface area contributed by atoms with Crippen molar-refractivity contribution in [2.24, 2.45) is 11.3 Å². The number of aliphatic hydroxyl groups is 1. The number of urea groups is 1. The van der Waals surface area contributed by atoms with E-state index in [2.05, 4.69) is 10.6 Å². The Hall–Kier alpha value is -2.28. The van der Waals surface area contributed by atoms with Crippen LogP contribution in [0.5, 0.6) is 0 Å². The SMILES string of the molecule is CC(C)(O)CCC(=O)N1CCC2(CC1)CC2CNC(=O)N1C=C2C=CNC=C2C1. The van der Waals surface area contributed by atoms with E-state index in [0.29, 0.717) is 37.3 Å². The summed E-state index contributed by atoms with van der Waals surface area (Å²) in [5.41, 5.74) is 1.72. The van der Waals surface area contributed by atoms with E-state index in [1.54, 1.807) is 18.7 Å². The van der Waals surface area contributed by atoms with Crippen LogP contribution in [0.15, 0.2) is 35.8 Å². The van der Waals surface area contributed by atoms with Crippen molar-refractivity contribution in [3.63, 3.8) is 0 Å². The molecule has 1 unspecified atom stereocenters. The second-order valence-electron chi connectivity index (χ2n) is 9.52. The fourth-order valence-electron chi connectivity index (χ4n) is 4.68. The highest BCUT2D eigenvalue weighted by Gasteiger charge is 2.54. The number of hydrogen-bond donors (Lipinski definition) is 3. The molecule has 7 nitrogen and oxygen atoms in total. The van der Waals surface area contributed by atoms with Gasteiger partial charge in [-0.1, -0.05) is 0 Å². The van der Waals surface area contributed by atoms with Gasteiger partial charge in [0.25, 0.3) is 0 Å². The number of rotatable bonds is 5. The molecule has 1 saturated heterocycles. The third-order valence-electron chi connectivity index (χ3n) is 6.81. The van der Waals surface area contributed by atoms with Crippen LogP contribution in [0, 0.1) is 11.3 Å². The molecule has 0 bridgehead atoms. The maximum atomic E-state index is 12.5. The van der Waals surface area contributed by atoms with E-state index in [-0.39, 0.29) is 11.9 Å². The average molecular weight is 401 g/mol. The summed E-state index contributed by atoms with van der Waals surface area (Å²) in [7, 11) is 0. The summed E-state index contributed by atoms with van der Waals surface area (Å²) in [5, 5.41) is 16.0. The van der Waals surface area contributed by atoms with Crippen LogP contribution in [-0.2, 0) is 4.79 Å². The van der Waals surface area contributed by atoms with Gasteiger partial charge in [-0.3, -0.25) is 9.69 Å². The number of hydrogen-bond acceptors (Lipinski definition) is 4. The number of carbonyl (C=O) groups is 2. The molecule has 29 heavy (non-hydrogen) atoms. The molecule has 0 aromatic rings. The molecule has 1 spiro atoms. The second kappa shape index (κ2) is 7.52. The Morgan fingerprint density at radius 1 is 1.34 bits per heavy atom. The molecule has 0 radical (unpaired) electrons. The first kappa shape index (κ1) is 20.0. The van der Waals surface area contributed by atoms with Crippen molar-refractivity contribution in [2.75, 3.05) is 26.2 Å². The van der Waals surface area contributed by atoms with Crippen molar-refractivity contribution in [1.29, 1.82) is 0 Å². The van der Waals surface area contributed by atoms with E-state index in [4.69, 9.17) is 0 Å². The van der Waals surface area contributed by atoms with Gasteiger partial charge in [0.15, 0.2) is 0 Å². The van der Waals surface area contributed by atoms with E-state index in [0.717, 1.165) is 43.5 Å². The third-order valence-corrected chi connectivity index (χ3v) is 6.81. The number of carbonyl (C=O) groups excluding carboxylic acids is 2. The Balaban J connectivity index is 1.19. The highest BCUT2D eigenvalue weighted by Crippen LogP contribution is 2.59. The van der Waals surface area contributed by atoms with Gasteiger partial charge >= 0.3 is 6.03 Å². The monoisotopic (exact) mass is 400 g/mol. The van der Waals surface area contributed by atoms with E-state index in [1.807, 2.05) is 29.6 Å². The summed E-state index contributed by atoms with van der Waals surface area (Å²) >= 11 is 0. The molecule has 4 rings (SSSR count). The molecule has 158 valence electrons. The molecule has 1 saturated carbocycles. The summed E-state index contributed by atoms with van der Waals surface area (Å²) in [5.74, 6) is 0.659. The normalized spacial score (nSPS) is 24.6. The summed E-state index contributed by atoms with van der Waals surface area (Å²) in [6.45, 7) is 6.38. The summed E-state index contributed by atoms with van der Waals surface area (Å²) < 4.78 is 0. The molecule has 1 atom stereocenters. The number of dihydropyridines is 1. The lowest BCUT2D eigenvalue weighted by Gasteiger charge is -2.33. The van der Waals surface area contributed by atoms with Crippen LogP contribution in [0.2, 0.25) is 0 Å². The smallest absolute Gasteiger partial charge is 0.321 e. The fourth-order valence-corrected chi connectivity index (χ4v) is 4.68. The highest BCUT2D eigenvalue weighted by molar-refractivity contribution is 5.78. The van der Waals surface area contributed by atoms with Gasteiger partial charge in [0.2, 0.25) is 5.91 Å². The first-order valence-electron chi connectivity index (χ1n) is 10.6. The van der Waals surface area contributed by atoms with Gasteiger partial charge in [-0.15, -0.1) is 0 Å². The minimum Gasteiger partial charge on any atom is -0.390 e. The Morgan fingerprint density at radius 3 is 2.79 bits per heavy atom. The molecule has 4 aliphatic rings. The van der Waals surface area contributed by atoms with Crippen molar-refractivity contribution in [3.8, 4) is 0 Å². The van der Waals surface area contributed by atoms with Gasteiger partial charge in [-0.05, 0) is 68.1 Å². The van der Waals surface area contributed by atoms with Crippen molar-refractivity contribution in [2.45, 2.75) is 51.6 Å². The molecule has 3 aliphatic heterocycles. The topological polar surface area (TPSA) is 84.9 Å². The quantitative estimate of drug-likeness (QED) is 0.660. The Morgan fingerprint density at radius 2 is 2.10 bits per heavy atom. The number of likely N-dealkylation sites (tertiary alicyclic amines) is 1. The zero-order chi connectivity index (χ0) is 20.6. The van der Waals surface area contributed by atoms with Crippen molar-refractivity contribution in [1.82, 2.24) is 20.4 Å². The van der Waals surface area contributed by atoms with Crippen LogP contribution in [-0.4, -0.2) is 58.6 Å². The molecule has 7 heteroatoms. The first-order chi connectivity index (χ1) is 13.8. The molecule has 2 fully saturated rings. The van der Waals surface area contributed by atoms with Crippen LogP contribution >= 0.6 is 0 Å². The van der Waals surface area contributed by atoms with Crippen LogP contribution in [0.4, 0.5) is 4.79 Å². The van der Waals surface area contributed by atoms with Gasteiger partial charge < -0.3 is 20.6 Å². The lowest BCUT2D eigenvalue weighted by atomic mass is 9.90. The molecule has 3 heterocycles. The molecule has 0 aromatic heterocycles. The number of allylic oxidation sites excluding steroid dienone is 1. The maximum Gasteiger partial charge on any atom is 0.321 e. The number of nitrogens with one attached hydrogen (secondary N) is 2. The Kier molecular flexibility index (Phi) is 5.19. The van der Waals surface area contributed by atoms with Gasteiger partial charge in [0.1, 0.15) is 0 Å². The highest BCUT2D eigenvalue weighted by atomic mass is 16.3. The predicted octanol–water partition coefficient (Wildman–Crippen LogP) is 2.08. The van der Waals surface area contributed by atoms with Crippen LogP contribution in [0.1, 0.15) is 46.0 Å². The van der Waals surface area contributed by atoms with Crippen LogP contribution in [0.3, 0.4) is 0 Å². The van der Waals surface area contributed by atoms with Crippen molar-refractivity contribution in [3.05, 3.63) is 35.8 Å². The zero-order valence-electron chi connectivity index (χ0n) is 17.4. The molecule has 1 aliphatic carbocycles. The minimum absolute atomic E-state index is 0.0394. The standard InChI is InChI=1S/C22H32N4O3/c1-21(2,29)5-3-19(27)25-9-6-22(7-10-25)11-18(22)13-24-20(28)26-14-16-4-8-23-12-17(16)15-26/h4,8,12,14,18,23,29H,3,5-7,9-11,13,15H2,1-2H3,(H,24,28). The lowest BCUT2D eigenvalue weighted by molar-refractivity contribution is -0.134. The van der Waals surface area contributed by atoms with E-state index < -0.39 is 5.60 Å². The number of nitrogens with zero attached hydrogens (tertiary/aromatic N) is 2. The summed E-state index contributed by atoms with van der Waals surface area (Å²) in [4.78, 5) is 28.5. The molecule has 3 amide bonds. The summed E-state index contributed by atoms with van der Waals surface area (Å²) in [6, 6.07) is -0.0394. The van der Waals surface area contributed by atoms with Crippen LogP contribution < -0.4 is 10.6 Å². The van der Waals surface area contributed by atoms with Crippen LogP contribution in [0.25, 0.3) is 0 Å². The average Bonchev–Trinajstić information content (AvgIpc) is 3.16. The van der Waals surface area contributed by atoms with E-state index in [9.17, 15) is 14.7 Å². The maximum absolute atomic E-state index is 12.5. The van der Waals surface area contributed by atoms with E-state index in [1.165, 1.54) is 0 Å². The van der Waals surface area contributed by atoms with Crippen molar-refractivity contribution >= 4 is 11.9 Å². The zero-order valence-corrected chi connectivity index (χ0v) is 17.4. The third kappa shape index (κ3) is 4.50. The largest absolute Gasteiger partial charge is 0.390 e. The van der Waals surface area contributed by atoms with Crippen molar-refractivity contribution < 1.29 is 14.7 Å². The molecular weight excluding hydrogens is 368 g/mol. The molecule has 0 aromatic carbocycles. The predicted molar refractivity (Wildman–Crippen MR) is 110 cm³/mol. The van der Waals surface area contributed by atoms with Gasteiger partial charge in [0.05, 0.1) is 12.1 Å². The minimum atomic E-state index is -0.793. The Bertz CT molecular complexity index is 769. The number of amides is 3. The molecular formula is C22H32N4O3. The molecule has 3 N–H and O–H groups in total. The van der Waals surface area contributed by atoms with Gasteiger partial charge in [-0.25, -0.2) is 4.79 Å². The fraction of sp³-hybridized carbons (Fsp3) is 0.636. The lowest BCUT2D eigenvalue weighted by Crippen LogP contribution is -2.41. The first-order valence-corrected chi connectivity index (χ1v) is 10.6. The second-order valence-corrected chi connectivity index (χ2v) is 9.52. The van der Waals surface area contributed by atoms with E-state index >= 15 is 0 Å². The number of fused-ring (bicyclic) bond motifs is 1. The summed E-state index contributed by atoms with van der Waals surface area (Å²) in [6.07, 6.45) is 11.8. The van der Waals surface area contributed by atoms with Gasteiger partial charge in [-0.2, -0.15) is 0 Å². The van der Waals surface area contributed by atoms with Gasteiger partial charge in [0, 0.05) is 44.7 Å². The Labute approximate surface area is 172 Å².